The lowest BCUT2D eigenvalue weighted by Crippen LogP contribution is -2.27. The lowest BCUT2D eigenvalue weighted by molar-refractivity contribution is -0.148. The van der Waals surface area contributed by atoms with Gasteiger partial charge in [0.05, 0.1) is 11.6 Å². The Morgan fingerprint density at radius 2 is 1.81 bits per heavy atom. The monoisotopic (exact) mass is 293 g/mol. The maximum absolute atomic E-state index is 11.8. The second-order valence-electron chi connectivity index (χ2n) is 6.05. The van der Waals surface area contributed by atoms with Gasteiger partial charge in [0, 0.05) is 5.56 Å². The van der Waals surface area contributed by atoms with Crippen LogP contribution >= 0.6 is 0 Å². The lowest BCUT2D eigenvalue weighted by atomic mass is 10.2. The molecule has 0 fully saturated rings. The highest BCUT2D eigenvalue weighted by atomic mass is 16.6. The van der Waals surface area contributed by atoms with Crippen molar-refractivity contribution in [2.75, 3.05) is 5.32 Å². The molecule has 0 aliphatic carbocycles. The number of ether oxygens (including phenoxy) is 2. The van der Waals surface area contributed by atoms with Crippen LogP contribution in [0.5, 0.6) is 0 Å². The largest absolute Gasteiger partial charge is 0.461 e. The molecule has 1 aromatic rings. The molecule has 1 aromatic carbocycles. The molecule has 0 heterocycles. The summed E-state index contributed by atoms with van der Waals surface area (Å²) in [5.74, 6) is -0.460. The van der Waals surface area contributed by atoms with Gasteiger partial charge in [-0.2, -0.15) is 0 Å². The summed E-state index contributed by atoms with van der Waals surface area (Å²) < 4.78 is 10.4. The number of anilines is 1. The minimum atomic E-state index is -0.566. The molecule has 0 bridgehead atoms. The van der Waals surface area contributed by atoms with Crippen molar-refractivity contribution < 1.29 is 19.1 Å². The third-order valence-electron chi connectivity index (χ3n) is 2.49. The van der Waals surface area contributed by atoms with Gasteiger partial charge in [-0.15, -0.1) is 0 Å². The zero-order valence-electron chi connectivity index (χ0n) is 13.2. The Labute approximate surface area is 125 Å². The van der Waals surface area contributed by atoms with Crippen molar-refractivity contribution in [3.63, 3.8) is 0 Å². The number of rotatable bonds is 4. The molecule has 0 unspecified atom stereocenters. The van der Waals surface area contributed by atoms with Gasteiger partial charge in [-0.25, -0.2) is 4.79 Å². The number of hydrogen-bond donors (Lipinski definition) is 1. The highest BCUT2D eigenvalue weighted by Gasteiger charge is 2.17. The predicted molar refractivity (Wildman–Crippen MR) is 80.9 cm³/mol. The van der Waals surface area contributed by atoms with E-state index in [0.717, 1.165) is 5.56 Å². The maximum Gasteiger partial charge on any atom is 0.412 e. The van der Waals surface area contributed by atoms with E-state index >= 15 is 0 Å². The summed E-state index contributed by atoms with van der Waals surface area (Å²) in [5.41, 5.74) is 0.726. The summed E-state index contributed by atoms with van der Waals surface area (Å²) in [6.07, 6.45) is -0.537. The first-order valence-electron chi connectivity index (χ1n) is 6.93. The highest BCUT2D eigenvalue weighted by molar-refractivity contribution is 5.86. The first-order chi connectivity index (χ1) is 9.69. The number of carbonyl (C=O) groups is 2. The molecule has 0 atom stereocenters. The Morgan fingerprint density at radius 3 is 2.38 bits per heavy atom. The Morgan fingerprint density at radius 1 is 1.19 bits per heavy atom. The lowest BCUT2D eigenvalue weighted by Gasteiger charge is -2.20. The zero-order chi connectivity index (χ0) is 16.0. The Bertz CT molecular complexity index is 503. The molecule has 1 amide bonds. The van der Waals surface area contributed by atoms with Crippen molar-refractivity contribution in [2.24, 2.45) is 5.92 Å². The summed E-state index contributed by atoms with van der Waals surface area (Å²) in [6, 6.07) is 7.14. The molecule has 21 heavy (non-hydrogen) atoms. The molecule has 1 rings (SSSR count). The van der Waals surface area contributed by atoms with Crippen LogP contribution in [-0.4, -0.2) is 17.7 Å². The molecule has 1 N–H and O–H groups in total. The van der Waals surface area contributed by atoms with Crippen LogP contribution in [0.25, 0.3) is 0 Å². The van der Waals surface area contributed by atoms with Crippen molar-refractivity contribution in [1.29, 1.82) is 0 Å². The molecule has 0 radical (unpaired) electrons. The fourth-order valence-electron chi connectivity index (χ4n) is 1.50. The molecule has 5 heteroatoms. The zero-order valence-corrected chi connectivity index (χ0v) is 13.2. The second-order valence-corrected chi connectivity index (χ2v) is 6.05. The number of esters is 1. The third kappa shape index (κ3) is 6.29. The maximum atomic E-state index is 11.8. The van der Waals surface area contributed by atoms with E-state index in [0.29, 0.717) is 5.69 Å². The average molecular weight is 293 g/mol. The first-order valence-corrected chi connectivity index (χ1v) is 6.93. The van der Waals surface area contributed by atoms with Crippen LogP contribution in [0.15, 0.2) is 24.3 Å². The fraction of sp³-hybridized carbons (Fsp3) is 0.500. The molecule has 0 spiro atoms. The minimum Gasteiger partial charge on any atom is -0.461 e. The molecule has 0 aliphatic heterocycles. The Kier molecular flexibility index (Phi) is 5.76. The van der Waals surface area contributed by atoms with Crippen LogP contribution in [0.1, 0.15) is 40.2 Å². The Hall–Kier alpha value is -2.04. The van der Waals surface area contributed by atoms with Crippen LogP contribution in [0.2, 0.25) is 0 Å². The summed E-state index contributed by atoms with van der Waals surface area (Å²) in [5, 5.41) is 2.67. The van der Waals surface area contributed by atoms with Gasteiger partial charge < -0.3 is 9.47 Å². The molecule has 0 saturated carbocycles. The molecule has 0 saturated heterocycles. The van der Waals surface area contributed by atoms with Gasteiger partial charge in [-0.1, -0.05) is 32.0 Å². The van der Waals surface area contributed by atoms with E-state index in [1.807, 2.05) is 6.07 Å². The van der Waals surface area contributed by atoms with Gasteiger partial charge in [-0.05, 0) is 26.8 Å². The quantitative estimate of drug-likeness (QED) is 0.859. The van der Waals surface area contributed by atoms with Gasteiger partial charge in [0.2, 0.25) is 0 Å². The van der Waals surface area contributed by atoms with Crippen molar-refractivity contribution in [3.05, 3.63) is 29.8 Å². The number of benzene rings is 1. The molecule has 0 aliphatic rings. The standard InChI is InChI=1S/C16H23NO4/c1-11(2)14(18)20-10-12-8-6-7-9-13(12)17-15(19)21-16(3,4)5/h6-9,11H,10H2,1-5H3,(H,17,19). The van der Waals surface area contributed by atoms with E-state index in [1.54, 1.807) is 52.8 Å². The van der Waals surface area contributed by atoms with E-state index in [2.05, 4.69) is 5.32 Å². The summed E-state index contributed by atoms with van der Waals surface area (Å²) in [7, 11) is 0. The topological polar surface area (TPSA) is 64.6 Å². The smallest absolute Gasteiger partial charge is 0.412 e. The molecular formula is C16H23NO4. The highest BCUT2D eigenvalue weighted by Crippen LogP contribution is 2.18. The third-order valence-corrected chi connectivity index (χ3v) is 2.49. The van der Waals surface area contributed by atoms with Crippen molar-refractivity contribution in [3.8, 4) is 0 Å². The van der Waals surface area contributed by atoms with Gasteiger partial charge >= 0.3 is 12.1 Å². The number of hydrogen-bond acceptors (Lipinski definition) is 4. The fourth-order valence-corrected chi connectivity index (χ4v) is 1.50. The van der Waals surface area contributed by atoms with E-state index < -0.39 is 11.7 Å². The number of nitrogens with one attached hydrogen (secondary N) is 1. The minimum absolute atomic E-state index is 0.114. The van der Waals surface area contributed by atoms with Crippen LogP contribution < -0.4 is 5.32 Å². The normalized spacial score (nSPS) is 11.1. The van der Waals surface area contributed by atoms with Gasteiger partial charge in [-0.3, -0.25) is 10.1 Å². The van der Waals surface area contributed by atoms with Crippen molar-refractivity contribution in [1.82, 2.24) is 0 Å². The summed E-state index contributed by atoms with van der Waals surface area (Å²) >= 11 is 0. The second kappa shape index (κ2) is 7.11. The first kappa shape index (κ1) is 17.0. The molecule has 5 nitrogen and oxygen atoms in total. The van der Waals surface area contributed by atoms with Crippen molar-refractivity contribution in [2.45, 2.75) is 46.8 Å². The van der Waals surface area contributed by atoms with Crippen LogP contribution in [0, 0.1) is 5.92 Å². The summed E-state index contributed by atoms with van der Waals surface area (Å²) in [6.45, 7) is 9.04. The van der Waals surface area contributed by atoms with E-state index in [9.17, 15) is 9.59 Å². The number of amides is 1. The van der Waals surface area contributed by atoms with Crippen LogP contribution in [0.3, 0.4) is 0 Å². The van der Waals surface area contributed by atoms with Crippen LogP contribution in [0.4, 0.5) is 10.5 Å². The average Bonchev–Trinajstić information content (AvgIpc) is 2.34. The molecule has 0 aromatic heterocycles. The van der Waals surface area contributed by atoms with E-state index in [1.165, 1.54) is 0 Å². The molecular weight excluding hydrogens is 270 g/mol. The number of para-hydroxylation sites is 1. The number of carbonyl (C=O) groups excluding carboxylic acids is 2. The van der Waals surface area contributed by atoms with Crippen molar-refractivity contribution >= 4 is 17.7 Å². The SMILES string of the molecule is CC(C)C(=O)OCc1ccccc1NC(=O)OC(C)(C)C. The molecule has 116 valence electrons. The predicted octanol–water partition coefficient (Wildman–Crippen LogP) is 3.73. The van der Waals surface area contributed by atoms with E-state index in [-0.39, 0.29) is 18.5 Å². The van der Waals surface area contributed by atoms with E-state index in [4.69, 9.17) is 9.47 Å². The van der Waals surface area contributed by atoms with Crippen LogP contribution in [-0.2, 0) is 20.9 Å². The summed E-state index contributed by atoms with van der Waals surface area (Å²) in [4.78, 5) is 23.3. The van der Waals surface area contributed by atoms with Gasteiger partial charge in [0.15, 0.2) is 0 Å². The van der Waals surface area contributed by atoms with Gasteiger partial charge in [0.1, 0.15) is 12.2 Å². The Balaban J connectivity index is 2.71. The van der Waals surface area contributed by atoms with Gasteiger partial charge in [0.25, 0.3) is 0 Å².